The topological polar surface area (TPSA) is 50.4 Å². The van der Waals surface area contributed by atoms with Crippen LogP contribution < -0.4 is 10.8 Å². The van der Waals surface area contributed by atoms with Crippen molar-refractivity contribution in [2.75, 3.05) is 19.7 Å². The summed E-state index contributed by atoms with van der Waals surface area (Å²) in [5.74, 6) is -0.0115. The van der Waals surface area contributed by atoms with E-state index in [0.717, 1.165) is 25.9 Å². The number of hydrogen-bond donors (Lipinski definition) is 2. The van der Waals surface area contributed by atoms with Gasteiger partial charge in [0.05, 0.1) is 6.61 Å². The van der Waals surface area contributed by atoms with Gasteiger partial charge >= 0.3 is 0 Å². The molecule has 0 aliphatic rings. The van der Waals surface area contributed by atoms with Gasteiger partial charge in [0.2, 0.25) is 5.91 Å². The number of carbonyl (C=O) groups is 1. The van der Waals surface area contributed by atoms with Crippen molar-refractivity contribution in [2.45, 2.75) is 46.0 Å². The third-order valence-electron chi connectivity index (χ3n) is 2.07. The fraction of sp³-hybridized carbons (Fsp3) is 0.909. The molecule has 0 rings (SSSR count). The minimum Gasteiger partial charge on any atom is -0.315 e. The minimum absolute atomic E-state index is 0.0115. The molecule has 0 aliphatic carbocycles. The fourth-order valence-corrected chi connectivity index (χ4v) is 1.19. The summed E-state index contributed by atoms with van der Waals surface area (Å²) in [5, 5.41) is 3.11. The number of unbranched alkanes of at least 4 members (excludes halogenated alkanes) is 3. The predicted molar refractivity (Wildman–Crippen MR) is 61.4 cm³/mol. The normalized spacial score (nSPS) is 10.3. The third kappa shape index (κ3) is 11.3. The van der Waals surface area contributed by atoms with Gasteiger partial charge in [-0.25, -0.2) is 5.48 Å². The van der Waals surface area contributed by atoms with Crippen LogP contribution in [0, 0.1) is 0 Å². The Labute approximate surface area is 92.7 Å². The largest absolute Gasteiger partial charge is 0.315 e. The number of hydroxylamine groups is 1. The molecule has 4 heteroatoms. The van der Waals surface area contributed by atoms with Crippen molar-refractivity contribution in [3.05, 3.63) is 0 Å². The van der Waals surface area contributed by atoms with Crippen LogP contribution >= 0.6 is 0 Å². The Kier molecular flexibility index (Phi) is 11.0. The highest BCUT2D eigenvalue weighted by molar-refractivity contribution is 5.74. The third-order valence-corrected chi connectivity index (χ3v) is 2.07. The zero-order valence-electron chi connectivity index (χ0n) is 9.97. The van der Waals surface area contributed by atoms with Crippen LogP contribution in [0.5, 0.6) is 0 Å². The Bertz CT molecular complexity index is 152. The summed E-state index contributed by atoms with van der Waals surface area (Å²) in [5.41, 5.74) is 2.44. The van der Waals surface area contributed by atoms with Gasteiger partial charge in [0.1, 0.15) is 0 Å². The molecular formula is C11H24N2O2. The number of carbonyl (C=O) groups excluding carboxylic acids is 1. The standard InChI is InChI=1S/C11H24N2O2/c1-3-5-6-7-8-11(14)13-15-10-9-12-4-2/h12H,3-10H2,1-2H3,(H,13,14). The van der Waals surface area contributed by atoms with E-state index in [9.17, 15) is 4.79 Å². The van der Waals surface area contributed by atoms with Crippen LogP contribution in [0.25, 0.3) is 0 Å². The van der Waals surface area contributed by atoms with Gasteiger partial charge in [0, 0.05) is 13.0 Å². The average Bonchev–Trinajstić information content (AvgIpc) is 2.24. The van der Waals surface area contributed by atoms with Crippen LogP contribution in [-0.4, -0.2) is 25.6 Å². The van der Waals surface area contributed by atoms with E-state index in [4.69, 9.17) is 4.84 Å². The monoisotopic (exact) mass is 216 g/mol. The highest BCUT2D eigenvalue weighted by atomic mass is 16.6. The lowest BCUT2D eigenvalue weighted by Gasteiger charge is -2.05. The van der Waals surface area contributed by atoms with Gasteiger partial charge in [-0.05, 0) is 13.0 Å². The Morgan fingerprint density at radius 1 is 1.20 bits per heavy atom. The zero-order chi connectivity index (χ0) is 11.4. The lowest BCUT2D eigenvalue weighted by molar-refractivity contribution is -0.133. The molecule has 0 aromatic heterocycles. The number of hydrogen-bond acceptors (Lipinski definition) is 3. The highest BCUT2D eigenvalue weighted by Crippen LogP contribution is 2.01. The molecule has 0 spiro atoms. The Hall–Kier alpha value is -0.610. The fourth-order valence-electron chi connectivity index (χ4n) is 1.19. The second-order valence-electron chi connectivity index (χ2n) is 3.54. The molecule has 0 fully saturated rings. The summed E-state index contributed by atoms with van der Waals surface area (Å²) < 4.78 is 0. The lowest BCUT2D eigenvalue weighted by atomic mass is 10.1. The summed E-state index contributed by atoms with van der Waals surface area (Å²) in [4.78, 5) is 16.2. The van der Waals surface area contributed by atoms with Crippen LogP contribution in [0.2, 0.25) is 0 Å². The van der Waals surface area contributed by atoms with Crippen LogP contribution in [0.4, 0.5) is 0 Å². The summed E-state index contributed by atoms with van der Waals surface area (Å²) >= 11 is 0. The first-order valence-corrected chi connectivity index (χ1v) is 5.92. The van der Waals surface area contributed by atoms with E-state index in [-0.39, 0.29) is 5.91 Å². The molecule has 0 atom stereocenters. The van der Waals surface area contributed by atoms with Gasteiger partial charge in [-0.3, -0.25) is 9.63 Å². The van der Waals surface area contributed by atoms with E-state index in [0.29, 0.717) is 13.0 Å². The molecule has 90 valence electrons. The second-order valence-corrected chi connectivity index (χ2v) is 3.54. The Morgan fingerprint density at radius 3 is 2.67 bits per heavy atom. The summed E-state index contributed by atoms with van der Waals surface area (Å²) in [6, 6.07) is 0. The van der Waals surface area contributed by atoms with Gasteiger partial charge < -0.3 is 5.32 Å². The van der Waals surface area contributed by atoms with Gasteiger partial charge in [-0.15, -0.1) is 0 Å². The summed E-state index contributed by atoms with van der Waals surface area (Å²) in [7, 11) is 0. The first-order chi connectivity index (χ1) is 7.31. The van der Waals surface area contributed by atoms with Crippen molar-refractivity contribution < 1.29 is 9.63 Å². The van der Waals surface area contributed by atoms with Crippen molar-refractivity contribution in [1.29, 1.82) is 0 Å². The molecule has 1 amide bonds. The summed E-state index contributed by atoms with van der Waals surface area (Å²) in [6.45, 7) is 6.41. The highest BCUT2D eigenvalue weighted by Gasteiger charge is 1.99. The van der Waals surface area contributed by atoms with Crippen LogP contribution in [0.1, 0.15) is 46.0 Å². The van der Waals surface area contributed by atoms with Gasteiger partial charge in [0.15, 0.2) is 0 Å². The predicted octanol–water partition coefficient (Wildman–Crippen LogP) is 1.61. The smallest absolute Gasteiger partial charge is 0.243 e. The molecular weight excluding hydrogens is 192 g/mol. The maximum atomic E-state index is 11.2. The van der Waals surface area contributed by atoms with E-state index in [1.54, 1.807) is 0 Å². The maximum Gasteiger partial charge on any atom is 0.243 e. The molecule has 0 saturated carbocycles. The molecule has 0 unspecified atom stereocenters. The SMILES string of the molecule is CCCCCCC(=O)NOCCNCC. The van der Waals surface area contributed by atoms with E-state index in [1.165, 1.54) is 12.8 Å². The molecule has 0 saturated heterocycles. The Balaban J connectivity index is 3.11. The van der Waals surface area contributed by atoms with Gasteiger partial charge in [-0.2, -0.15) is 0 Å². The van der Waals surface area contributed by atoms with Crippen molar-refractivity contribution in [1.82, 2.24) is 10.8 Å². The molecule has 0 aliphatic heterocycles. The van der Waals surface area contributed by atoms with Crippen LogP contribution in [-0.2, 0) is 9.63 Å². The van der Waals surface area contributed by atoms with Crippen molar-refractivity contribution in [2.24, 2.45) is 0 Å². The van der Waals surface area contributed by atoms with Crippen molar-refractivity contribution >= 4 is 5.91 Å². The number of rotatable bonds is 10. The van der Waals surface area contributed by atoms with E-state index in [2.05, 4.69) is 17.7 Å². The Morgan fingerprint density at radius 2 is 2.00 bits per heavy atom. The molecule has 15 heavy (non-hydrogen) atoms. The van der Waals surface area contributed by atoms with E-state index in [1.807, 2.05) is 6.92 Å². The minimum atomic E-state index is -0.0115. The van der Waals surface area contributed by atoms with Crippen molar-refractivity contribution in [3.63, 3.8) is 0 Å². The first kappa shape index (κ1) is 14.4. The van der Waals surface area contributed by atoms with Crippen LogP contribution in [0.3, 0.4) is 0 Å². The van der Waals surface area contributed by atoms with Gasteiger partial charge in [0.25, 0.3) is 0 Å². The first-order valence-electron chi connectivity index (χ1n) is 5.92. The second kappa shape index (κ2) is 11.5. The average molecular weight is 216 g/mol. The zero-order valence-corrected chi connectivity index (χ0v) is 9.97. The van der Waals surface area contributed by atoms with E-state index < -0.39 is 0 Å². The van der Waals surface area contributed by atoms with E-state index >= 15 is 0 Å². The molecule has 0 bridgehead atoms. The summed E-state index contributed by atoms with van der Waals surface area (Å²) in [6.07, 6.45) is 5.05. The molecule has 4 nitrogen and oxygen atoms in total. The number of amides is 1. The molecule has 2 N–H and O–H groups in total. The number of nitrogens with one attached hydrogen (secondary N) is 2. The molecule has 0 heterocycles. The van der Waals surface area contributed by atoms with Crippen LogP contribution in [0.15, 0.2) is 0 Å². The molecule has 0 aromatic carbocycles. The van der Waals surface area contributed by atoms with Crippen molar-refractivity contribution in [3.8, 4) is 0 Å². The molecule has 0 radical (unpaired) electrons. The quantitative estimate of drug-likeness (QED) is 0.431. The maximum absolute atomic E-state index is 11.2. The molecule has 0 aromatic rings. The van der Waals surface area contributed by atoms with Gasteiger partial charge in [-0.1, -0.05) is 33.1 Å². The lowest BCUT2D eigenvalue weighted by Crippen LogP contribution is -2.28. The number of likely N-dealkylation sites (N-methyl/N-ethyl adjacent to an activating group) is 1.